The molecule has 0 radical (unpaired) electrons. The van der Waals surface area contributed by atoms with Crippen molar-refractivity contribution in [2.75, 3.05) is 13.2 Å². The van der Waals surface area contributed by atoms with Crippen LogP contribution in [0.2, 0.25) is 5.15 Å². The van der Waals surface area contributed by atoms with Crippen molar-refractivity contribution in [2.24, 2.45) is 5.92 Å². The van der Waals surface area contributed by atoms with Crippen molar-refractivity contribution in [2.45, 2.75) is 20.4 Å². The SMILES string of the molecule is CC(C)COCCn1cnc(Cl)c(I)c1=O. The van der Waals surface area contributed by atoms with Gasteiger partial charge in [-0.15, -0.1) is 0 Å². The summed E-state index contributed by atoms with van der Waals surface area (Å²) < 4.78 is 7.36. The standard InChI is InChI=1S/C10H14ClIN2O2/c1-7(2)5-16-4-3-14-6-13-9(11)8(12)10(14)15/h6-7H,3-5H2,1-2H3. The lowest BCUT2D eigenvalue weighted by molar-refractivity contribution is 0.102. The maximum atomic E-state index is 11.7. The quantitative estimate of drug-likeness (QED) is 0.461. The zero-order chi connectivity index (χ0) is 12.1. The fraction of sp³-hybridized carbons (Fsp3) is 0.600. The van der Waals surface area contributed by atoms with Crippen LogP contribution >= 0.6 is 34.2 Å². The Morgan fingerprint density at radius 2 is 2.31 bits per heavy atom. The summed E-state index contributed by atoms with van der Waals surface area (Å²) in [6.45, 7) is 5.88. The van der Waals surface area contributed by atoms with Crippen LogP contribution in [0.4, 0.5) is 0 Å². The van der Waals surface area contributed by atoms with Crippen LogP contribution in [0.5, 0.6) is 0 Å². The van der Waals surface area contributed by atoms with Crippen LogP contribution in [-0.2, 0) is 11.3 Å². The van der Waals surface area contributed by atoms with Gasteiger partial charge >= 0.3 is 0 Å². The molecular formula is C10H14ClIN2O2. The third-order valence-electron chi connectivity index (χ3n) is 1.87. The van der Waals surface area contributed by atoms with Crippen LogP contribution in [0.25, 0.3) is 0 Å². The van der Waals surface area contributed by atoms with Crippen molar-refractivity contribution >= 4 is 34.2 Å². The molecule has 16 heavy (non-hydrogen) atoms. The van der Waals surface area contributed by atoms with Gasteiger partial charge in [0.1, 0.15) is 8.72 Å². The summed E-state index contributed by atoms with van der Waals surface area (Å²) >= 11 is 7.62. The first-order valence-corrected chi connectivity index (χ1v) is 6.46. The number of aromatic nitrogens is 2. The largest absolute Gasteiger partial charge is 0.379 e. The molecule has 1 heterocycles. The fourth-order valence-corrected chi connectivity index (χ4v) is 1.66. The van der Waals surface area contributed by atoms with E-state index < -0.39 is 0 Å². The highest BCUT2D eigenvalue weighted by Gasteiger charge is 2.06. The summed E-state index contributed by atoms with van der Waals surface area (Å²) in [7, 11) is 0. The molecule has 1 rings (SSSR count). The second-order valence-electron chi connectivity index (χ2n) is 3.82. The fourth-order valence-electron chi connectivity index (χ4n) is 1.09. The zero-order valence-corrected chi connectivity index (χ0v) is 12.2. The molecular weight excluding hydrogens is 342 g/mol. The molecule has 0 fully saturated rings. The molecule has 0 aromatic carbocycles. The Bertz CT molecular complexity index is 406. The average Bonchev–Trinajstić information content (AvgIpc) is 2.23. The van der Waals surface area contributed by atoms with Crippen molar-refractivity contribution < 1.29 is 4.74 Å². The molecule has 0 saturated carbocycles. The van der Waals surface area contributed by atoms with Gasteiger partial charge in [0, 0.05) is 6.61 Å². The number of hydrogen-bond acceptors (Lipinski definition) is 3. The summed E-state index contributed by atoms with van der Waals surface area (Å²) in [5.74, 6) is 0.500. The van der Waals surface area contributed by atoms with E-state index in [-0.39, 0.29) is 10.7 Å². The van der Waals surface area contributed by atoms with Gasteiger partial charge in [0.25, 0.3) is 5.56 Å². The molecule has 0 bridgehead atoms. The molecule has 0 aliphatic carbocycles. The highest BCUT2D eigenvalue weighted by Crippen LogP contribution is 2.09. The molecule has 0 atom stereocenters. The molecule has 0 spiro atoms. The third kappa shape index (κ3) is 4.03. The molecule has 0 unspecified atom stereocenters. The van der Waals surface area contributed by atoms with Gasteiger partial charge in [-0.25, -0.2) is 4.98 Å². The number of nitrogens with zero attached hydrogens (tertiary/aromatic N) is 2. The molecule has 0 N–H and O–H groups in total. The molecule has 1 aromatic rings. The van der Waals surface area contributed by atoms with Crippen molar-refractivity contribution in [3.8, 4) is 0 Å². The van der Waals surface area contributed by atoms with E-state index >= 15 is 0 Å². The number of rotatable bonds is 5. The minimum Gasteiger partial charge on any atom is -0.379 e. The Morgan fingerprint density at radius 1 is 1.62 bits per heavy atom. The van der Waals surface area contributed by atoms with Gasteiger partial charge in [0.05, 0.1) is 19.5 Å². The molecule has 0 aliphatic rings. The molecule has 0 saturated heterocycles. The van der Waals surface area contributed by atoms with Crippen molar-refractivity contribution in [3.63, 3.8) is 0 Å². The summed E-state index contributed by atoms with van der Waals surface area (Å²) in [5, 5.41) is 0.255. The highest BCUT2D eigenvalue weighted by molar-refractivity contribution is 14.1. The number of hydrogen-bond donors (Lipinski definition) is 0. The Morgan fingerprint density at radius 3 is 2.94 bits per heavy atom. The lowest BCUT2D eigenvalue weighted by Gasteiger charge is -2.08. The van der Waals surface area contributed by atoms with Crippen LogP contribution in [0.15, 0.2) is 11.1 Å². The van der Waals surface area contributed by atoms with Gasteiger partial charge in [0.15, 0.2) is 0 Å². The van der Waals surface area contributed by atoms with Gasteiger partial charge < -0.3 is 4.74 Å². The van der Waals surface area contributed by atoms with E-state index in [2.05, 4.69) is 18.8 Å². The highest BCUT2D eigenvalue weighted by atomic mass is 127. The summed E-state index contributed by atoms with van der Waals surface area (Å²) in [4.78, 5) is 15.6. The zero-order valence-electron chi connectivity index (χ0n) is 9.24. The maximum absolute atomic E-state index is 11.7. The Hall–Kier alpha value is -0.140. The van der Waals surface area contributed by atoms with Gasteiger partial charge in [-0.2, -0.15) is 0 Å². The van der Waals surface area contributed by atoms with E-state index in [9.17, 15) is 4.79 Å². The monoisotopic (exact) mass is 356 g/mol. The Labute approximate surface area is 113 Å². The first-order chi connectivity index (χ1) is 7.52. The van der Waals surface area contributed by atoms with E-state index in [1.165, 1.54) is 10.9 Å². The van der Waals surface area contributed by atoms with Crippen LogP contribution in [0, 0.1) is 9.49 Å². The van der Waals surface area contributed by atoms with E-state index in [1.807, 2.05) is 22.6 Å². The summed E-state index contributed by atoms with van der Waals surface area (Å²) in [5.41, 5.74) is -0.117. The van der Waals surface area contributed by atoms with E-state index in [0.717, 1.165) is 0 Å². The molecule has 0 amide bonds. The molecule has 4 nitrogen and oxygen atoms in total. The minimum atomic E-state index is -0.117. The predicted octanol–water partition coefficient (Wildman–Crippen LogP) is 2.17. The van der Waals surface area contributed by atoms with Crippen LogP contribution in [0.3, 0.4) is 0 Å². The predicted molar refractivity (Wildman–Crippen MR) is 71.9 cm³/mol. The summed E-state index contributed by atoms with van der Waals surface area (Å²) in [6, 6.07) is 0. The van der Waals surface area contributed by atoms with Gasteiger partial charge in [0.2, 0.25) is 0 Å². The Kier molecular flexibility index (Phi) is 5.71. The first kappa shape index (κ1) is 13.9. The van der Waals surface area contributed by atoms with Gasteiger partial charge in [-0.1, -0.05) is 25.4 Å². The van der Waals surface area contributed by atoms with Crippen molar-refractivity contribution in [1.29, 1.82) is 0 Å². The number of halogens is 2. The lowest BCUT2D eigenvalue weighted by Crippen LogP contribution is -2.25. The van der Waals surface area contributed by atoms with Crippen LogP contribution in [-0.4, -0.2) is 22.8 Å². The topological polar surface area (TPSA) is 44.1 Å². The number of ether oxygens (including phenoxy) is 1. The van der Waals surface area contributed by atoms with Crippen LogP contribution in [0.1, 0.15) is 13.8 Å². The van der Waals surface area contributed by atoms with E-state index in [1.54, 1.807) is 0 Å². The second-order valence-corrected chi connectivity index (χ2v) is 5.25. The first-order valence-electron chi connectivity index (χ1n) is 5.00. The normalized spacial score (nSPS) is 11.1. The lowest BCUT2D eigenvalue weighted by atomic mass is 10.2. The van der Waals surface area contributed by atoms with E-state index in [4.69, 9.17) is 16.3 Å². The van der Waals surface area contributed by atoms with Crippen molar-refractivity contribution in [3.05, 3.63) is 25.4 Å². The van der Waals surface area contributed by atoms with E-state index in [0.29, 0.717) is 29.2 Å². The van der Waals surface area contributed by atoms with Gasteiger partial charge in [-0.3, -0.25) is 9.36 Å². The van der Waals surface area contributed by atoms with Crippen LogP contribution < -0.4 is 5.56 Å². The second kappa shape index (κ2) is 6.56. The molecule has 1 aromatic heterocycles. The molecule has 0 aliphatic heterocycles. The third-order valence-corrected chi connectivity index (χ3v) is 3.45. The molecule has 6 heteroatoms. The van der Waals surface area contributed by atoms with Crippen molar-refractivity contribution in [1.82, 2.24) is 9.55 Å². The van der Waals surface area contributed by atoms with Gasteiger partial charge in [-0.05, 0) is 28.5 Å². The molecule has 90 valence electrons. The summed E-state index contributed by atoms with van der Waals surface area (Å²) in [6.07, 6.45) is 1.45. The maximum Gasteiger partial charge on any atom is 0.268 e. The Balaban J connectivity index is 2.55. The average molecular weight is 357 g/mol. The minimum absolute atomic E-state index is 0.117. The smallest absolute Gasteiger partial charge is 0.268 e.